The van der Waals surface area contributed by atoms with Crippen LogP contribution in [-0.2, 0) is 0 Å². The highest BCUT2D eigenvalue weighted by Gasteiger charge is 2.00. The number of aromatic nitrogens is 3. The Kier molecular flexibility index (Phi) is 2.69. The molecule has 2 heterocycles. The first kappa shape index (κ1) is 9.31. The summed E-state index contributed by atoms with van der Waals surface area (Å²) in [5.74, 6) is 0.141. The molecule has 0 atom stereocenters. The Labute approximate surface area is 75.0 Å². The SMILES string of the molecule is CC.Nc1nc2cc[nH]c2c(=O)[nH]1. The van der Waals surface area contributed by atoms with Crippen LogP contribution >= 0.6 is 0 Å². The number of aromatic amines is 2. The standard InChI is InChI=1S/C6H6N4O.C2H6/c7-6-9-3-1-2-8-4(3)5(11)10-6;1-2/h1-2,8H,(H3,7,9,10,11);1-2H3. The molecule has 0 aliphatic rings. The Morgan fingerprint density at radius 1 is 1.46 bits per heavy atom. The molecule has 4 N–H and O–H groups in total. The topological polar surface area (TPSA) is 87.6 Å². The first-order valence-electron chi connectivity index (χ1n) is 4.10. The van der Waals surface area contributed by atoms with Crippen LogP contribution in [-0.4, -0.2) is 15.0 Å². The molecule has 5 heteroatoms. The van der Waals surface area contributed by atoms with Crippen LogP contribution in [0, 0.1) is 0 Å². The lowest BCUT2D eigenvalue weighted by Crippen LogP contribution is -2.10. The quantitative estimate of drug-likeness (QED) is 0.561. The highest BCUT2D eigenvalue weighted by Crippen LogP contribution is 2.02. The van der Waals surface area contributed by atoms with Gasteiger partial charge in [0.2, 0.25) is 5.95 Å². The summed E-state index contributed by atoms with van der Waals surface area (Å²) in [5, 5.41) is 0. The number of hydrogen-bond donors (Lipinski definition) is 3. The summed E-state index contributed by atoms with van der Waals surface area (Å²) in [5.41, 5.74) is 6.11. The first-order valence-corrected chi connectivity index (χ1v) is 4.10. The second-order valence-electron chi connectivity index (χ2n) is 2.19. The van der Waals surface area contributed by atoms with Gasteiger partial charge in [-0.05, 0) is 6.07 Å². The van der Waals surface area contributed by atoms with E-state index in [1.54, 1.807) is 12.3 Å². The van der Waals surface area contributed by atoms with Crippen molar-refractivity contribution < 1.29 is 0 Å². The minimum Gasteiger partial charge on any atom is -0.369 e. The predicted octanol–water partition coefficient (Wildman–Crippen LogP) is 0.860. The van der Waals surface area contributed by atoms with Gasteiger partial charge < -0.3 is 10.7 Å². The second kappa shape index (κ2) is 3.75. The highest BCUT2D eigenvalue weighted by atomic mass is 16.1. The van der Waals surface area contributed by atoms with E-state index in [1.165, 1.54) is 0 Å². The molecule has 2 aromatic rings. The molecule has 0 saturated heterocycles. The van der Waals surface area contributed by atoms with Crippen molar-refractivity contribution in [1.29, 1.82) is 0 Å². The minimum atomic E-state index is -0.238. The molecule has 0 bridgehead atoms. The average molecular weight is 180 g/mol. The number of hydrogen-bond acceptors (Lipinski definition) is 3. The summed E-state index contributed by atoms with van der Waals surface area (Å²) in [6.45, 7) is 4.00. The normalized spacial score (nSPS) is 9.38. The van der Waals surface area contributed by atoms with E-state index in [2.05, 4.69) is 15.0 Å². The molecule has 0 aliphatic heterocycles. The molecule has 0 saturated carbocycles. The molecular weight excluding hydrogens is 168 g/mol. The van der Waals surface area contributed by atoms with Gasteiger partial charge in [0.1, 0.15) is 5.52 Å². The average Bonchev–Trinajstić information content (AvgIpc) is 2.55. The lowest BCUT2D eigenvalue weighted by Gasteiger charge is -1.90. The van der Waals surface area contributed by atoms with Crippen molar-refractivity contribution in [2.45, 2.75) is 13.8 Å². The molecule has 13 heavy (non-hydrogen) atoms. The lowest BCUT2D eigenvalue weighted by atomic mass is 10.5. The zero-order valence-corrected chi connectivity index (χ0v) is 7.59. The number of nitrogen functional groups attached to an aromatic ring is 1. The van der Waals surface area contributed by atoms with Crippen molar-refractivity contribution in [3.05, 3.63) is 22.6 Å². The third-order valence-electron chi connectivity index (χ3n) is 1.43. The van der Waals surface area contributed by atoms with E-state index in [1.807, 2.05) is 13.8 Å². The lowest BCUT2D eigenvalue weighted by molar-refractivity contribution is 1.18. The monoisotopic (exact) mass is 180 g/mol. The zero-order valence-electron chi connectivity index (χ0n) is 7.59. The van der Waals surface area contributed by atoms with E-state index in [9.17, 15) is 4.79 Å². The summed E-state index contributed by atoms with van der Waals surface area (Å²) < 4.78 is 0. The summed E-state index contributed by atoms with van der Waals surface area (Å²) in [6.07, 6.45) is 1.65. The number of H-pyrrole nitrogens is 2. The molecule has 70 valence electrons. The molecule has 2 rings (SSSR count). The van der Waals surface area contributed by atoms with E-state index in [0.717, 1.165) is 0 Å². The van der Waals surface area contributed by atoms with Crippen molar-refractivity contribution in [3.8, 4) is 0 Å². The molecule has 0 amide bonds. The number of rotatable bonds is 0. The number of nitrogens with two attached hydrogens (primary N) is 1. The zero-order chi connectivity index (χ0) is 9.84. The van der Waals surface area contributed by atoms with Gasteiger partial charge in [-0.1, -0.05) is 13.8 Å². The molecule has 2 aromatic heterocycles. The Morgan fingerprint density at radius 3 is 2.85 bits per heavy atom. The van der Waals surface area contributed by atoms with Crippen LogP contribution in [0.4, 0.5) is 5.95 Å². The van der Waals surface area contributed by atoms with Crippen LogP contribution in [0.3, 0.4) is 0 Å². The maximum Gasteiger partial charge on any atom is 0.276 e. The van der Waals surface area contributed by atoms with Crippen molar-refractivity contribution >= 4 is 17.0 Å². The van der Waals surface area contributed by atoms with Gasteiger partial charge in [-0.25, -0.2) is 4.98 Å². The summed E-state index contributed by atoms with van der Waals surface area (Å²) in [4.78, 5) is 20.1. The van der Waals surface area contributed by atoms with Gasteiger partial charge in [0.15, 0.2) is 0 Å². The molecule has 5 nitrogen and oxygen atoms in total. The van der Waals surface area contributed by atoms with Crippen LogP contribution in [0.2, 0.25) is 0 Å². The Balaban J connectivity index is 0.000000396. The summed E-state index contributed by atoms with van der Waals surface area (Å²) >= 11 is 0. The van der Waals surface area contributed by atoms with Crippen LogP contribution in [0.15, 0.2) is 17.1 Å². The number of anilines is 1. The van der Waals surface area contributed by atoms with E-state index < -0.39 is 0 Å². The second-order valence-corrected chi connectivity index (χ2v) is 2.19. The fourth-order valence-electron chi connectivity index (χ4n) is 0.973. The molecule has 0 unspecified atom stereocenters. The molecule has 0 aliphatic carbocycles. The first-order chi connectivity index (χ1) is 6.27. The number of fused-ring (bicyclic) bond motifs is 1. The maximum absolute atomic E-state index is 11.1. The molecular formula is C8H12N4O. The van der Waals surface area contributed by atoms with Gasteiger partial charge in [-0.2, -0.15) is 0 Å². The fraction of sp³-hybridized carbons (Fsp3) is 0.250. The van der Waals surface area contributed by atoms with Crippen LogP contribution in [0.25, 0.3) is 11.0 Å². The van der Waals surface area contributed by atoms with Gasteiger partial charge in [-0.3, -0.25) is 9.78 Å². The van der Waals surface area contributed by atoms with Crippen molar-refractivity contribution in [2.75, 3.05) is 5.73 Å². The van der Waals surface area contributed by atoms with Crippen LogP contribution < -0.4 is 11.3 Å². The van der Waals surface area contributed by atoms with E-state index in [0.29, 0.717) is 11.0 Å². The Bertz CT molecular complexity index is 443. The highest BCUT2D eigenvalue weighted by molar-refractivity contribution is 5.74. The summed E-state index contributed by atoms with van der Waals surface area (Å²) in [7, 11) is 0. The van der Waals surface area contributed by atoms with Crippen molar-refractivity contribution in [3.63, 3.8) is 0 Å². The van der Waals surface area contributed by atoms with Gasteiger partial charge >= 0.3 is 0 Å². The number of nitrogens with one attached hydrogen (secondary N) is 2. The van der Waals surface area contributed by atoms with E-state index in [-0.39, 0.29) is 11.5 Å². The van der Waals surface area contributed by atoms with Crippen molar-refractivity contribution in [2.24, 2.45) is 0 Å². The summed E-state index contributed by atoms with van der Waals surface area (Å²) in [6, 6.07) is 1.70. The van der Waals surface area contributed by atoms with Gasteiger partial charge in [0.05, 0.1) is 5.52 Å². The third-order valence-corrected chi connectivity index (χ3v) is 1.43. The molecule has 0 radical (unpaired) electrons. The largest absolute Gasteiger partial charge is 0.369 e. The molecule has 0 spiro atoms. The molecule has 0 fully saturated rings. The van der Waals surface area contributed by atoms with Gasteiger partial charge in [0.25, 0.3) is 5.56 Å². The Hall–Kier alpha value is -1.78. The smallest absolute Gasteiger partial charge is 0.276 e. The van der Waals surface area contributed by atoms with Crippen LogP contribution in [0.5, 0.6) is 0 Å². The number of nitrogens with zero attached hydrogens (tertiary/aromatic N) is 1. The van der Waals surface area contributed by atoms with Crippen molar-refractivity contribution in [1.82, 2.24) is 15.0 Å². The third kappa shape index (κ3) is 1.69. The minimum absolute atomic E-state index is 0.141. The predicted molar refractivity (Wildman–Crippen MR) is 52.5 cm³/mol. The fourth-order valence-corrected chi connectivity index (χ4v) is 0.973. The molecule has 0 aromatic carbocycles. The van der Waals surface area contributed by atoms with Gasteiger partial charge in [-0.15, -0.1) is 0 Å². The van der Waals surface area contributed by atoms with Gasteiger partial charge in [0, 0.05) is 6.20 Å². The Morgan fingerprint density at radius 2 is 2.15 bits per heavy atom. The van der Waals surface area contributed by atoms with Crippen LogP contribution in [0.1, 0.15) is 13.8 Å². The van der Waals surface area contributed by atoms with E-state index in [4.69, 9.17) is 5.73 Å². The maximum atomic E-state index is 11.1. The van der Waals surface area contributed by atoms with E-state index >= 15 is 0 Å².